The fourth-order valence-electron chi connectivity index (χ4n) is 5.08. The van der Waals surface area contributed by atoms with E-state index >= 15 is 0 Å². The van der Waals surface area contributed by atoms with Crippen LogP contribution >= 0.6 is 0 Å². The quantitative estimate of drug-likeness (QED) is 0.300. The van der Waals surface area contributed by atoms with E-state index in [1.54, 1.807) is 0 Å². The van der Waals surface area contributed by atoms with Gasteiger partial charge in [-0.15, -0.1) is 0 Å². The smallest absolute Gasteiger partial charge is 0.183 e. The van der Waals surface area contributed by atoms with Gasteiger partial charge in [0, 0.05) is 44.0 Å². The molecule has 0 heterocycles. The van der Waals surface area contributed by atoms with Gasteiger partial charge in [0.25, 0.3) is 0 Å². The number of carbonyl (C=O) groups is 1. The molecule has 0 saturated heterocycles. The number of hydrogen-bond donors (Lipinski definition) is 2. The summed E-state index contributed by atoms with van der Waals surface area (Å²) in [5, 5.41) is 18.8. The number of anilines is 2. The topological polar surface area (TPSA) is 101 Å². The highest BCUT2D eigenvalue weighted by molar-refractivity contribution is 6.62. The number of aliphatic imine (C=N–C) groups is 3. The first-order valence-electron chi connectivity index (χ1n) is 14.6. The Morgan fingerprint density at radius 3 is 1.64 bits per heavy atom. The number of nitrogens with zero attached hydrogens (tertiary/aromatic N) is 5. The SMILES string of the molecule is CCN(CCO)c1ccc(N=C2CC(=Nc3ccc(N(CC)CCO)cc3C)C(=Nc3ccccc3)CC2=O)c(C)c1. The van der Waals surface area contributed by atoms with Crippen molar-refractivity contribution in [1.29, 1.82) is 0 Å². The van der Waals surface area contributed by atoms with Gasteiger partial charge in [0.05, 0.1) is 53.8 Å². The summed E-state index contributed by atoms with van der Waals surface area (Å²) in [5.74, 6) is -0.0581. The van der Waals surface area contributed by atoms with E-state index in [9.17, 15) is 15.0 Å². The zero-order valence-electron chi connectivity index (χ0n) is 25.0. The van der Waals surface area contributed by atoms with Crippen LogP contribution in [-0.2, 0) is 4.79 Å². The molecule has 0 unspecified atom stereocenters. The third-order valence-corrected chi connectivity index (χ3v) is 7.44. The number of hydrogen-bond acceptors (Lipinski definition) is 8. The molecule has 0 aliphatic heterocycles. The van der Waals surface area contributed by atoms with Crippen molar-refractivity contribution < 1.29 is 15.0 Å². The molecule has 1 fully saturated rings. The number of likely N-dealkylation sites (N-methyl/N-ethyl adjacent to an activating group) is 2. The van der Waals surface area contributed by atoms with Gasteiger partial charge in [-0.05, 0) is 87.4 Å². The molecule has 3 aromatic carbocycles. The number of para-hydroxylation sites is 1. The van der Waals surface area contributed by atoms with Crippen molar-refractivity contribution in [1.82, 2.24) is 0 Å². The maximum absolute atomic E-state index is 13.4. The maximum atomic E-state index is 13.4. The van der Waals surface area contributed by atoms with Crippen LogP contribution < -0.4 is 9.80 Å². The van der Waals surface area contributed by atoms with Gasteiger partial charge < -0.3 is 20.0 Å². The first-order chi connectivity index (χ1) is 20.4. The lowest BCUT2D eigenvalue weighted by atomic mass is 9.92. The number of ketones is 1. The summed E-state index contributed by atoms with van der Waals surface area (Å²) in [6.07, 6.45) is 0.408. The predicted molar refractivity (Wildman–Crippen MR) is 174 cm³/mol. The van der Waals surface area contributed by atoms with Gasteiger partial charge in [-0.3, -0.25) is 14.8 Å². The number of aliphatic hydroxyl groups is 2. The van der Waals surface area contributed by atoms with Crippen LogP contribution in [0.1, 0.15) is 37.8 Å². The average Bonchev–Trinajstić information content (AvgIpc) is 2.99. The molecule has 0 atom stereocenters. The number of aryl methyl sites for hydroxylation is 2. The van der Waals surface area contributed by atoms with E-state index in [-0.39, 0.29) is 31.8 Å². The lowest BCUT2D eigenvalue weighted by molar-refractivity contribution is -0.112. The third-order valence-electron chi connectivity index (χ3n) is 7.44. The van der Waals surface area contributed by atoms with Crippen molar-refractivity contribution in [3.05, 3.63) is 77.9 Å². The molecule has 4 rings (SSSR count). The number of carbonyl (C=O) groups excluding carboxylic acids is 1. The van der Waals surface area contributed by atoms with E-state index in [2.05, 4.69) is 29.7 Å². The molecule has 0 spiro atoms. The average molecular weight is 568 g/mol. The minimum atomic E-state index is -0.0581. The minimum absolute atomic E-state index is 0.0581. The number of aliphatic hydroxyl groups excluding tert-OH is 2. The van der Waals surface area contributed by atoms with Gasteiger partial charge in [0.15, 0.2) is 5.78 Å². The Bertz CT molecular complexity index is 1480. The van der Waals surface area contributed by atoms with Crippen LogP contribution in [-0.4, -0.2) is 72.5 Å². The minimum Gasteiger partial charge on any atom is -0.395 e. The highest BCUT2D eigenvalue weighted by atomic mass is 16.3. The van der Waals surface area contributed by atoms with E-state index < -0.39 is 0 Å². The summed E-state index contributed by atoms with van der Waals surface area (Å²) in [7, 11) is 0. The number of Topliss-reactive ketones (excluding diaryl/α,β-unsaturated/α-hetero) is 1. The Morgan fingerprint density at radius 1 is 0.667 bits per heavy atom. The summed E-state index contributed by atoms with van der Waals surface area (Å²) in [4.78, 5) is 32.3. The summed E-state index contributed by atoms with van der Waals surface area (Å²) in [6, 6.07) is 21.7. The zero-order chi connectivity index (χ0) is 30.1. The molecule has 220 valence electrons. The van der Waals surface area contributed by atoms with Crippen molar-refractivity contribution in [3.8, 4) is 0 Å². The highest BCUT2D eigenvalue weighted by Gasteiger charge is 2.28. The van der Waals surface area contributed by atoms with Crippen LogP contribution in [0.25, 0.3) is 0 Å². The Labute approximate surface area is 248 Å². The third kappa shape index (κ3) is 7.57. The Balaban J connectivity index is 1.71. The highest BCUT2D eigenvalue weighted by Crippen LogP contribution is 2.29. The van der Waals surface area contributed by atoms with Gasteiger partial charge in [0.1, 0.15) is 0 Å². The Morgan fingerprint density at radius 2 is 1.17 bits per heavy atom. The van der Waals surface area contributed by atoms with Gasteiger partial charge in [-0.1, -0.05) is 18.2 Å². The van der Waals surface area contributed by atoms with E-state index in [4.69, 9.17) is 15.0 Å². The molecular weight excluding hydrogens is 526 g/mol. The standard InChI is InChI=1S/C34H41N5O3/c1-5-38(16-18-40)27-12-14-29(24(3)20-27)36-31-22-33(34(42)23-32(31)35-26-10-8-7-9-11-26)37-30-15-13-28(21-25(30)4)39(6-2)17-19-41/h7-15,20-21,40-41H,5-6,16-19,22-23H2,1-4H3. The fourth-order valence-corrected chi connectivity index (χ4v) is 5.08. The van der Waals surface area contributed by atoms with Crippen molar-refractivity contribution in [2.24, 2.45) is 15.0 Å². The van der Waals surface area contributed by atoms with E-state index in [1.807, 2.05) is 74.5 Å². The molecule has 0 radical (unpaired) electrons. The maximum Gasteiger partial charge on any atom is 0.183 e. The second-order valence-electron chi connectivity index (χ2n) is 10.3. The lowest BCUT2D eigenvalue weighted by Gasteiger charge is -2.23. The summed E-state index contributed by atoms with van der Waals surface area (Å²) in [6.45, 7) is 11.0. The molecule has 0 aromatic heterocycles. The molecule has 2 N–H and O–H groups in total. The summed E-state index contributed by atoms with van der Waals surface area (Å²) < 4.78 is 0. The number of benzene rings is 3. The van der Waals surface area contributed by atoms with Crippen molar-refractivity contribution in [2.75, 3.05) is 49.2 Å². The van der Waals surface area contributed by atoms with E-state index in [0.29, 0.717) is 24.5 Å². The van der Waals surface area contributed by atoms with Crippen LogP contribution in [0.4, 0.5) is 28.4 Å². The van der Waals surface area contributed by atoms with Crippen LogP contribution in [0.3, 0.4) is 0 Å². The molecule has 8 nitrogen and oxygen atoms in total. The molecule has 1 aliphatic carbocycles. The first kappa shape index (κ1) is 30.8. The van der Waals surface area contributed by atoms with Crippen molar-refractivity contribution >= 4 is 51.4 Å². The largest absolute Gasteiger partial charge is 0.395 e. The van der Waals surface area contributed by atoms with E-state index in [0.717, 1.165) is 58.4 Å². The molecule has 0 amide bonds. The molecule has 8 heteroatoms. The molecule has 1 aliphatic rings. The van der Waals surface area contributed by atoms with Crippen LogP contribution in [0.2, 0.25) is 0 Å². The fraction of sp³-hybridized carbons (Fsp3) is 0.353. The first-order valence-corrected chi connectivity index (χ1v) is 14.6. The second kappa shape index (κ2) is 14.7. The van der Waals surface area contributed by atoms with Crippen LogP contribution in [0, 0.1) is 13.8 Å². The van der Waals surface area contributed by atoms with Gasteiger partial charge in [-0.25, -0.2) is 4.99 Å². The monoisotopic (exact) mass is 567 g/mol. The molecule has 1 saturated carbocycles. The lowest BCUT2D eigenvalue weighted by Crippen LogP contribution is -2.33. The summed E-state index contributed by atoms with van der Waals surface area (Å²) >= 11 is 0. The normalized spacial score (nSPS) is 16.4. The molecule has 42 heavy (non-hydrogen) atoms. The van der Waals surface area contributed by atoms with E-state index in [1.165, 1.54) is 0 Å². The van der Waals surface area contributed by atoms with Crippen LogP contribution in [0.15, 0.2) is 81.7 Å². The van der Waals surface area contributed by atoms with Gasteiger partial charge in [-0.2, -0.15) is 0 Å². The Kier molecular flexibility index (Phi) is 10.8. The van der Waals surface area contributed by atoms with Crippen LogP contribution in [0.5, 0.6) is 0 Å². The number of rotatable bonds is 11. The zero-order valence-corrected chi connectivity index (χ0v) is 25.0. The predicted octanol–water partition coefficient (Wildman–Crippen LogP) is 5.92. The molecular formula is C34H41N5O3. The summed E-state index contributed by atoms with van der Waals surface area (Å²) in [5.41, 5.74) is 8.19. The second-order valence-corrected chi connectivity index (χ2v) is 10.3. The molecule has 3 aromatic rings. The van der Waals surface area contributed by atoms with Crippen molar-refractivity contribution in [3.63, 3.8) is 0 Å². The van der Waals surface area contributed by atoms with Gasteiger partial charge >= 0.3 is 0 Å². The van der Waals surface area contributed by atoms with Gasteiger partial charge in [0.2, 0.25) is 0 Å². The molecule has 0 bridgehead atoms. The Hall–Kier alpha value is -4.14. The van der Waals surface area contributed by atoms with Crippen molar-refractivity contribution in [2.45, 2.75) is 40.5 Å².